The highest BCUT2D eigenvalue weighted by Gasteiger charge is 2.38. The van der Waals surface area contributed by atoms with E-state index in [-0.39, 0.29) is 18.2 Å². The van der Waals surface area contributed by atoms with Gasteiger partial charge in [0.2, 0.25) is 5.91 Å². The van der Waals surface area contributed by atoms with E-state index in [9.17, 15) is 9.59 Å². The first-order chi connectivity index (χ1) is 10.7. The molecule has 1 aromatic rings. The Morgan fingerprint density at radius 3 is 2.73 bits per heavy atom. The van der Waals surface area contributed by atoms with Crippen LogP contribution in [0.1, 0.15) is 26.2 Å². The van der Waals surface area contributed by atoms with Crippen LogP contribution in [0.4, 0.5) is 5.69 Å². The summed E-state index contributed by atoms with van der Waals surface area (Å²) in [5.41, 5.74) is 0.584. The zero-order chi connectivity index (χ0) is 15.9. The van der Waals surface area contributed by atoms with Crippen molar-refractivity contribution in [3.63, 3.8) is 0 Å². The number of hydrogen-bond donors (Lipinski definition) is 1. The lowest BCUT2D eigenvalue weighted by Gasteiger charge is -2.16. The minimum Gasteiger partial charge on any atom is -0.494 e. The maximum Gasteiger partial charge on any atom is 0.251 e. The maximum atomic E-state index is 12.3. The van der Waals surface area contributed by atoms with E-state index in [1.807, 2.05) is 0 Å². The predicted molar refractivity (Wildman–Crippen MR) is 85.9 cm³/mol. The lowest BCUT2D eigenvalue weighted by molar-refractivity contribution is -0.121. The van der Waals surface area contributed by atoms with Gasteiger partial charge in [0.15, 0.2) is 0 Å². The van der Waals surface area contributed by atoms with Gasteiger partial charge < -0.3 is 10.1 Å². The first-order valence-corrected chi connectivity index (χ1v) is 7.61. The van der Waals surface area contributed by atoms with Gasteiger partial charge in [0.05, 0.1) is 24.8 Å². The number of benzene rings is 1. The Balaban J connectivity index is 2.03. The van der Waals surface area contributed by atoms with Crippen molar-refractivity contribution < 1.29 is 14.3 Å². The van der Waals surface area contributed by atoms with Crippen LogP contribution in [-0.2, 0) is 9.59 Å². The normalized spacial score (nSPS) is 17.9. The van der Waals surface area contributed by atoms with E-state index in [2.05, 4.69) is 18.8 Å². The molecule has 0 aromatic heterocycles. The standard InChI is InChI=1S/C17H22N2O3/c1-3-5-11-22-14-8-6-13(7-9-14)19-16(20)12-15(17(19)21)18-10-4-2/h4,6-9,15,18H,2-3,5,10-12H2,1H3/t15-/m0/s1. The van der Waals surface area contributed by atoms with Crippen LogP contribution in [0, 0.1) is 0 Å². The topological polar surface area (TPSA) is 58.6 Å². The fraction of sp³-hybridized carbons (Fsp3) is 0.412. The highest BCUT2D eigenvalue weighted by Crippen LogP contribution is 2.25. The zero-order valence-corrected chi connectivity index (χ0v) is 12.9. The number of ether oxygens (including phenoxy) is 1. The van der Waals surface area contributed by atoms with Crippen molar-refractivity contribution in [1.82, 2.24) is 5.32 Å². The number of nitrogens with one attached hydrogen (secondary N) is 1. The quantitative estimate of drug-likeness (QED) is 0.455. The highest BCUT2D eigenvalue weighted by atomic mass is 16.5. The average Bonchev–Trinajstić information content (AvgIpc) is 2.80. The van der Waals surface area contributed by atoms with Gasteiger partial charge in [-0.15, -0.1) is 6.58 Å². The molecule has 22 heavy (non-hydrogen) atoms. The fourth-order valence-corrected chi connectivity index (χ4v) is 2.31. The average molecular weight is 302 g/mol. The summed E-state index contributed by atoms with van der Waals surface area (Å²) in [6.07, 6.45) is 3.93. The molecule has 0 bridgehead atoms. The summed E-state index contributed by atoms with van der Waals surface area (Å²) in [5, 5.41) is 3.00. The summed E-state index contributed by atoms with van der Waals surface area (Å²) in [6, 6.07) is 6.59. The summed E-state index contributed by atoms with van der Waals surface area (Å²) < 4.78 is 5.58. The fourth-order valence-electron chi connectivity index (χ4n) is 2.31. The lowest BCUT2D eigenvalue weighted by Crippen LogP contribution is -2.38. The van der Waals surface area contributed by atoms with E-state index in [1.165, 1.54) is 4.90 Å². The molecule has 118 valence electrons. The Kier molecular flexibility index (Phi) is 5.72. The van der Waals surface area contributed by atoms with Gasteiger partial charge in [-0.3, -0.25) is 9.59 Å². The van der Waals surface area contributed by atoms with Gasteiger partial charge in [0.1, 0.15) is 5.75 Å². The molecule has 1 saturated heterocycles. The Bertz CT molecular complexity index is 539. The van der Waals surface area contributed by atoms with E-state index >= 15 is 0 Å². The van der Waals surface area contributed by atoms with Crippen LogP contribution in [0.3, 0.4) is 0 Å². The molecule has 1 N–H and O–H groups in total. The van der Waals surface area contributed by atoms with Crippen molar-refractivity contribution in [2.75, 3.05) is 18.1 Å². The van der Waals surface area contributed by atoms with Crippen molar-refractivity contribution in [3.05, 3.63) is 36.9 Å². The molecule has 5 nitrogen and oxygen atoms in total. The Morgan fingerprint density at radius 2 is 2.09 bits per heavy atom. The summed E-state index contributed by atoms with van der Waals surface area (Å²) in [4.78, 5) is 25.6. The third kappa shape index (κ3) is 3.74. The maximum absolute atomic E-state index is 12.3. The molecule has 0 aliphatic carbocycles. The Morgan fingerprint density at radius 1 is 1.36 bits per heavy atom. The molecule has 1 aliphatic heterocycles. The van der Waals surface area contributed by atoms with Gasteiger partial charge in [0, 0.05) is 6.54 Å². The first-order valence-electron chi connectivity index (χ1n) is 7.61. The number of rotatable bonds is 8. The molecule has 1 aromatic carbocycles. The van der Waals surface area contributed by atoms with Crippen LogP contribution in [0.5, 0.6) is 5.75 Å². The van der Waals surface area contributed by atoms with Gasteiger partial charge in [-0.05, 0) is 30.7 Å². The second-order valence-corrected chi connectivity index (χ2v) is 5.22. The second-order valence-electron chi connectivity index (χ2n) is 5.22. The minimum absolute atomic E-state index is 0.182. The number of nitrogens with zero attached hydrogens (tertiary/aromatic N) is 1. The molecule has 0 unspecified atom stereocenters. The zero-order valence-electron chi connectivity index (χ0n) is 12.9. The molecular formula is C17H22N2O3. The molecule has 0 spiro atoms. The predicted octanol–water partition coefficient (Wildman–Crippen LogP) is 2.27. The summed E-state index contributed by atoms with van der Waals surface area (Å²) in [6.45, 7) is 6.88. The molecule has 2 rings (SSSR count). The van der Waals surface area contributed by atoms with Crippen LogP contribution in [0.15, 0.2) is 36.9 Å². The third-order valence-corrected chi connectivity index (χ3v) is 3.52. The van der Waals surface area contributed by atoms with E-state index in [1.54, 1.807) is 30.3 Å². The molecule has 5 heteroatoms. The van der Waals surface area contributed by atoms with E-state index in [0.29, 0.717) is 18.8 Å². The minimum atomic E-state index is -0.467. The smallest absolute Gasteiger partial charge is 0.251 e. The van der Waals surface area contributed by atoms with Crippen molar-refractivity contribution in [2.45, 2.75) is 32.2 Å². The van der Waals surface area contributed by atoms with Crippen molar-refractivity contribution in [2.24, 2.45) is 0 Å². The molecule has 0 radical (unpaired) electrons. The number of anilines is 1. The molecule has 1 atom stereocenters. The van der Waals surface area contributed by atoms with Crippen LogP contribution >= 0.6 is 0 Å². The summed E-state index contributed by atoms with van der Waals surface area (Å²) in [7, 11) is 0. The van der Waals surface area contributed by atoms with Crippen LogP contribution in [0.2, 0.25) is 0 Å². The van der Waals surface area contributed by atoms with Crippen LogP contribution in [-0.4, -0.2) is 31.0 Å². The largest absolute Gasteiger partial charge is 0.494 e. The lowest BCUT2D eigenvalue weighted by atomic mass is 10.2. The molecular weight excluding hydrogens is 280 g/mol. The SMILES string of the molecule is C=CCN[C@H]1CC(=O)N(c2ccc(OCCCC)cc2)C1=O. The molecule has 0 saturated carbocycles. The third-order valence-electron chi connectivity index (χ3n) is 3.52. The van der Waals surface area contributed by atoms with Crippen LogP contribution < -0.4 is 15.0 Å². The van der Waals surface area contributed by atoms with Gasteiger partial charge in [-0.25, -0.2) is 4.90 Å². The molecule has 2 amide bonds. The number of unbranched alkanes of at least 4 members (excludes halogenated alkanes) is 1. The van der Waals surface area contributed by atoms with Crippen molar-refractivity contribution in [3.8, 4) is 5.75 Å². The van der Waals surface area contributed by atoms with Gasteiger partial charge in [-0.2, -0.15) is 0 Å². The Hall–Kier alpha value is -2.14. The molecule has 1 heterocycles. The monoisotopic (exact) mass is 302 g/mol. The second kappa shape index (κ2) is 7.75. The van der Waals surface area contributed by atoms with Crippen LogP contribution in [0.25, 0.3) is 0 Å². The van der Waals surface area contributed by atoms with E-state index < -0.39 is 6.04 Å². The van der Waals surface area contributed by atoms with Crippen molar-refractivity contribution >= 4 is 17.5 Å². The number of imide groups is 1. The summed E-state index contributed by atoms with van der Waals surface area (Å²) in [5.74, 6) is 0.343. The number of carbonyl (C=O) groups excluding carboxylic acids is 2. The first kappa shape index (κ1) is 16.2. The summed E-state index contributed by atoms with van der Waals surface area (Å²) >= 11 is 0. The number of hydrogen-bond acceptors (Lipinski definition) is 4. The van der Waals surface area contributed by atoms with Gasteiger partial charge in [0.25, 0.3) is 5.91 Å². The van der Waals surface area contributed by atoms with Crippen molar-refractivity contribution in [1.29, 1.82) is 0 Å². The van der Waals surface area contributed by atoms with E-state index in [4.69, 9.17) is 4.74 Å². The Labute approximate surface area is 130 Å². The van der Waals surface area contributed by atoms with E-state index in [0.717, 1.165) is 18.6 Å². The van der Waals surface area contributed by atoms with Gasteiger partial charge in [-0.1, -0.05) is 19.4 Å². The molecule has 1 aliphatic rings. The van der Waals surface area contributed by atoms with Gasteiger partial charge >= 0.3 is 0 Å². The number of amides is 2. The highest BCUT2D eigenvalue weighted by molar-refractivity contribution is 6.22. The number of carbonyl (C=O) groups is 2. The molecule has 1 fully saturated rings.